The summed E-state index contributed by atoms with van der Waals surface area (Å²) < 4.78 is 11.1. The highest BCUT2D eigenvalue weighted by molar-refractivity contribution is 5.87. The maximum atomic E-state index is 10.9. The average Bonchev–Trinajstić information content (AvgIpc) is 2.47. The van der Waals surface area contributed by atoms with Crippen molar-refractivity contribution in [3.8, 4) is 11.5 Å². The van der Waals surface area contributed by atoms with E-state index >= 15 is 0 Å². The number of hydrogen-bond donors (Lipinski definition) is 1. The molecule has 0 aliphatic heterocycles. The highest BCUT2D eigenvalue weighted by atomic mass is 16.5. The van der Waals surface area contributed by atoms with Crippen LogP contribution >= 0.6 is 0 Å². The lowest BCUT2D eigenvalue weighted by Crippen LogP contribution is -2.02. The minimum atomic E-state index is -0.919. The molecule has 0 heterocycles. The minimum absolute atomic E-state index is 0.289. The van der Waals surface area contributed by atoms with Gasteiger partial charge in [0.2, 0.25) is 0 Å². The molecule has 0 amide bonds. The van der Waals surface area contributed by atoms with Gasteiger partial charge < -0.3 is 14.6 Å². The molecule has 0 aliphatic carbocycles. The number of aromatic carboxylic acids is 1. The second-order valence-electron chi connectivity index (χ2n) is 4.64. The molecule has 110 valence electrons. The minimum Gasteiger partial charge on any atom is -0.494 e. The quantitative estimate of drug-likeness (QED) is 0.880. The molecule has 0 radical (unpaired) electrons. The summed E-state index contributed by atoms with van der Waals surface area (Å²) in [4.78, 5) is 10.9. The Hall–Kier alpha value is -2.49. The molecule has 21 heavy (non-hydrogen) atoms. The zero-order valence-corrected chi connectivity index (χ0v) is 12.1. The van der Waals surface area contributed by atoms with Gasteiger partial charge in [0.1, 0.15) is 18.1 Å². The van der Waals surface area contributed by atoms with Crippen molar-refractivity contribution < 1.29 is 19.4 Å². The zero-order valence-electron chi connectivity index (χ0n) is 12.1. The lowest BCUT2D eigenvalue weighted by atomic mass is 10.1. The first-order chi connectivity index (χ1) is 10.1. The second kappa shape index (κ2) is 6.79. The number of ether oxygens (including phenoxy) is 2. The van der Waals surface area contributed by atoms with Gasteiger partial charge in [-0.15, -0.1) is 0 Å². The van der Waals surface area contributed by atoms with E-state index in [1.807, 2.05) is 38.1 Å². The Morgan fingerprint density at radius 1 is 1.05 bits per heavy atom. The van der Waals surface area contributed by atoms with Crippen molar-refractivity contribution in [3.05, 3.63) is 59.2 Å². The van der Waals surface area contributed by atoms with Crippen molar-refractivity contribution >= 4 is 5.97 Å². The van der Waals surface area contributed by atoms with E-state index in [0.29, 0.717) is 13.2 Å². The fraction of sp³-hybridized carbons (Fsp3) is 0.235. The van der Waals surface area contributed by atoms with E-state index in [0.717, 1.165) is 22.6 Å². The topological polar surface area (TPSA) is 55.8 Å². The largest absolute Gasteiger partial charge is 0.494 e. The third kappa shape index (κ3) is 3.99. The van der Waals surface area contributed by atoms with Gasteiger partial charge in [-0.05, 0) is 61.4 Å². The number of benzene rings is 2. The van der Waals surface area contributed by atoms with Crippen LogP contribution in [0.15, 0.2) is 42.5 Å². The summed E-state index contributed by atoms with van der Waals surface area (Å²) in [7, 11) is 0. The molecule has 0 saturated heterocycles. The van der Waals surface area contributed by atoms with Crippen molar-refractivity contribution in [2.75, 3.05) is 6.61 Å². The number of hydrogen-bond acceptors (Lipinski definition) is 3. The summed E-state index contributed by atoms with van der Waals surface area (Å²) in [6.45, 7) is 4.85. The van der Waals surface area contributed by atoms with Crippen LogP contribution in [-0.4, -0.2) is 17.7 Å². The molecule has 0 aromatic heterocycles. The van der Waals surface area contributed by atoms with E-state index in [9.17, 15) is 4.79 Å². The van der Waals surface area contributed by atoms with Crippen LogP contribution in [0.25, 0.3) is 0 Å². The van der Waals surface area contributed by atoms with Crippen LogP contribution in [0.3, 0.4) is 0 Å². The average molecular weight is 286 g/mol. The Kier molecular flexibility index (Phi) is 4.82. The van der Waals surface area contributed by atoms with E-state index in [1.165, 1.54) is 0 Å². The molecule has 0 unspecified atom stereocenters. The lowest BCUT2D eigenvalue weighted by Gasteiger charge is -2.10. The Morgan fingerprint density at radius 3 is 2.19 bits per heavy atom. The molecule has 1 N–H and O–H groups in total. The van der Waals surface area contributed by atoms with Crippen LogP contribution in [0.2, 0.25) is 0 Å². The van der Waals surface area contributed by atoms with E-state index in [4.69, 9.17) is 14.6 Å². The fourth-order valence-electron chi connectivity index (χ4n) is 1.95. The molecule has 0 fully saturated rings. The Bertz CT molecular complexity index is 617. The molecule has 0 saturated carbocycles. The summed E-state index contributed by atoms with van der Waals surface area (Å²) in [6, 6.07) is 12.5. The number of carboxylic acid groups (broad SMARTS) is 1. The van der Waals surface area contributed by atoms with Crippen molar-refractivity contribution in [2.24, 2.45) is 0 Å². The predicted molar refractivity (Wildman–Crippen MR) is 80.1 cm³/mol. The fourth-order valence-corrected chi connectivity index (χ4v) is 1.95. The Labute approximate surface area is 123 Å². The van der Waals surface area contributed by atoms with E-state index in [1.54, 1.807) is 18.2 Å². The van der Waals surface area contributed by atoms with E-state index in [-0.39, 0.29) is 5.56 Å². The number of aryl methyl sites for hydroxylation is 1. The molecule has 0 bridgehead atoms. The van der Waals surface area contributed by atoms with Crippen LogP contribution < -0.4 is 9.47 Å². The third-order valence-corrected chi connectivity index (χ3v) is 3.12. The van der Waals surface area contributed by atoms with Gasteiger partial charge in [0.25, 0.3) is 0 Å². The molecule has 0 spiro atoms. The molecule has 4 heteroatoms. The van der Waals surface area contributed by atoms with Crippen LogP contribution in [0.5, 0.6) is 11.5 Å². The summed E-state index contributed by atoms with van der Waals surface area (Å²) in [5, 5.41) is 8.93. The SMILES string of the molecule is CCOc1ccc(OCc2ccc(C(=O)O)cc2C)cc1. The van der Waals surface area contributed by atoms with Gasteiger partial charge in [0.15, 0.2) is 0 Å². The molecule has 2 rings (SSSR count). The van der Waals surface area contributed by atoms with E-state index in [2.05, 4.69) is 0 Å². The van der Waals surface area contributed by atoms with Crippen molar-refractivity contribution in [3.63, 3.8) is 0 Å². The molecular formula is C17H18O4. The van der Waals surface area contributed by atoms with Gasteiger partial charge in [-0.2, -0.15) is 0 Å². The molecule has 2 aromatic rings. The summed E-state index contributed by atoms with van der Waals surface area (Å²) in [5.74, 6) is 0.643. The second-order valence-corrected chi connectivity index (χ2v) is 4.64. The first-order valence-corrected chi connectivity index (χ1v) is 6.78. The first-order valence-electron chi connectivity index (χ1n) is 6.78. The number of carboxylic acids is 1. The monoisotopic (exact) mass is 286 g/mol. The van der Waals surface area contributed by atoms with Gasteiger partial charge in [-0.1, -0.05) is 6.07 Å². The summed E-state index contributed by atoms with van der Waals surface area (Å²) in [6.07, 6.45) is 0. The normalized spacial score (nSPS) is 10.2. The van der Waals surface area contributed by atoms with Crippen LogP contribution in [0.1, 0.15) is 28.4 Å². The van der Waals surface area contributed by atoms with Gasteiger partial charge in [-0.3, -0.25) is 0 Å². The standard InChI is InChI=1S/C17H18O4/c1-3-20-15-6-8-16(9-7-15)21-11-14-5-4-13(17(18)19)10-12(14)2/h4-10H,3,11H2,1-2H3,(H,18,19). The van der Waals surface area contributed by atoms with Crippen molar-refractivity contribution in [1.82, 2.24) is 0 Å². The number of carbonyl (C=O) groups is 1. The Balaban J connectivity index is 2.01. The van der Waals surface area contributed by atoms with Gasteiger partial charge >= 0.3 is 5.97 Å². The van der Waals surface area contributed by atoms with Crippen LogP contribution in [0.4, 0.5) is 0 Å². The highest BCUT2D eigenvalue weighted by Crippen LogP contribution is 2.20. The zero-order chi connectivity index (χ0) is 15.2. The summed E-state index contributed by atoms with van der Waals surface area (Å²) in [5.41, 5.74) is 2.16. The Morgan fingerprint density at radius 2 is 1.67 bits per heavy atom. The molecule has 4 nitrogen and oxygen atoms in total. The molecule has 2 aromatic carbocycles. The molecule has 0 atom stereocenters. The highest BCUT2D eigenvalue weighted by Gasteiger charge is 2.06. The van der Waals surface area contributed by atoms with Crippen molar-refractivity contribution in [2.45, 2.75) is 20.5 Å². The van der Waals surface area contributed by atoms with Crippen LogP contribution in [0, 0.1) is 6.92 Å². The maximum absolute atomic E-state index is 10.9. The van der Waals surface area contributed by atoms with Crippen molar-refractivity contribution in [1.29, 1.82) is 0 Å². The third-order valence-electron chi connectivity index (χ3n) is 3.12. The van der Waals surface area contributed by atoms with Gasteiger partial charge in [0.05, 0.1) is 12.2 Å². The predicted octanol–water partition coefficient (Wildman–Crippen LogP) is 3.67. The maximum Gasteiger partial charge on any atom is 0.335 e. The van der Waals surface area contributed by atoms with Gasteiger partial charge in [-0.25, -0.2) is 4.79 Å². The molecule has 0 aliphatic rings. The van der Waals surface area contributed by atoms with E-state index < -0.39 is 5.97 Å². The first kappa shape index (κ1) is 14.9. The van der Waals surface area contributed by atoms with Gasteiger partial charge in [0, 0.05) is 0 Å². The smallest absolute Gasteiger partial charge is 0.335 e. The lowest BCUT2D eigenvalue weighted by molar-refractivity contribution is 0.0696. The molecular weight excluding hydrogens is 268 g/mol. The number of rotatable bonds is 6. The summed E-state index contributed by atoms with van der Waals surface area (Å²) >= 11 is 0. The van der Waals surface area contributed by atoms with Crippen LogP contribution in [-0.2, 0) is 6.61 Å².